The molecule has 0 aliphatic rings. The summed E-state index contributed by atoms with van der Waals surface area (Å²) in [5, 5.41) is 13.8. The first kappa shape index (κ1) is 32.1. The van der Waals surface area contributed by atoms with Crippen molar-refractivity contribution >= 4 is 54.9 Å². The predicted octanol–water partition coefficient (Wildman–Crippen LogP) is 10.0. The summed E-state index contributed by atoms with van der Waals surface area (Å²) in [5.74, 6) is 0.393. The third-order valence-corrected chi connectivity index (χ3v) is 8.52. The van der Waals surface area contributed by atoms with Gasteiger partial charge in [-0.1, -0.05) is 130 Å². The number of halogens is 2. The van der Waals surface area contributed by atoms with Gasteiger partial charge in [0.1, 0.15) is 5.75 Å². The fraction of sp³-hybridized carbons (Fsp3) is 0.0526. The molecule has 1 atom stereocenters. The minimum atomic E-state index is -0.556. The van der Waals surface area contributed by atoms with E-state index in [-0.39, 0.29) is 8.58 Å². The molecule has 1 N–H and O–H groups in total. The molecule has 0 aromatic heterocycles. The number of benzene rings is 6. The Morgan fingerprint density at radius 3 is 1.52 bits per heavy atom. The van der Waals surface area contributed by atoms with E-state index in [1.54, 1.807) is 0 Å². The summed E-state index contributed by atoms with van der Waals surface area (Å²) in [5.41, 5.74) is 7.94. The number of anilines is 3. The van der Waals surface area contributed by atoms with Crippen molar-refractivity contribution in [2.45, 2.75) is 12.8 Å². The van der Waals surface area contributed by atoms with Crippen LogP contribution in [-0.4, -0.2) is 5.11 Å². The Balaban J connectivity index is 0.00000123. The summed E-state index contributed by atoms with van der Waals surface area (Å²) in [6.07, 6.45) is 1.51. The zero-order valence-electron chi connectivity index (χ0n) is 24.1. The van der Waals surface area contributed by atoms with E-state index in [2.05, 4.69) is 144 Å². The van der Waals surface area contributed by atoms with E-state index in [0.29, 0.717) is 12.2 Å². The van der Waals surface area contributed by atoms with Crippen LogP contribution in [-0.2, 0) is 29.9 Å². The molecule has 0 fully saturated rings. The number of hydrogen-bond acceptors (Lipinski definition) is 2. The Bertz CT molecular complexity index is 1700. The maximum absolute atomic E-state index is 11.7. The molecule has 1 unspecified atom stereocenters. The maximum atomic E-state index is 11.7. The second-order valence-corrected chi connectivity index (χ2v) is 14.1. The summed E-state index contributed by atoms with van der Waals surface area (Å²) in [4.78, 5) is 2.30. The van der Waals surface area contributed by atoms with Gasteiger partial charge < -0.3 is 10.0 Å². The molecule has 0 spiro atoms. The molecule has 6 aromatic rings. The van der Waals surface area contributed by atoms with Gasteiger partial charge in [0.05, 0.1) is 5.69 Å². The SMILES string of the molecule is Oc1c(Cc2ccccc2)cc(Cc2ccccc2)cc1Pc1ccccc1N(c1ccccc1)c1ccccc1.[Cl][Ti][Cl]. The van der Waals surface area contributed by atoms with Gasteiger partial charge in [-0.05, 0) is 65.1 Å². The number of nitrogens with zero attached hydrogens (tertiary/aromatic N) is 1. The molecular weight excluding hydrogens is 636 g/mol. The Labute approximate surface area is 278 Å². The topological polar surface area (TPSA) is 23.5 Å². The van der Waals surface area contributed by atoms with E-state index in [0.717, 1.165) is 34.4 Å². The van der Waals surface area contributed by atoms with Crippen LogP contribution in [0.5, 0.6) is 5.75 Å². The Kier molecular flexibility index (Phi) is 12.1. The van der Waals surface area contributed by atoms with Gasteiger partial charge in [0.25, 0.3) is 0 Å². The number of para-hydroxylation sites is 3. The van der Waals surface area contributed by atoms with Crippen molar-refractivity contribution in [2.75, 3.05) is 4.90 Å². The number of phenolic OH excluding ortho intramolecular Hbond substituents is 1. The van der Waals surface area contributed by atoms with Crippen LogP contribution in [0.1, 0.15) is 22.3 Å². The first-order valence-corrected chi connectivity index (χ1v) is 19.6. The molecule has 6 rings (SSSR count). The molecule has 2 nitrogen and oxygen atoms in total. The Morgan fingerprint density at radius 2 is 0.977 bits per heavy atom. The molecule has 0 amide bonds. The van der Waals surface area contributed by atoms with Gasteiger partial charge in [0, 0.05) is 28.4 Å². The summed E-state index contributed by atoms with van der Waals surface area (Å²) in [6.45, 7) is 0. The number of hydrogen-bond donors (Lipinski definition) is 1. The average molecular weight is 668 g/mol. The van der Waals surface area contributed by atoms with Crippen molar-refractivity contribution in [3.05, 3.63) is 180 Å². The fourth-order valence-corrected chi connectivity index (χ4v) is 6.57. The number of rotatable bonds is 9. The normalized spacial score (nSPS) is 10.7. The van der Waals surface area contributed by atoms with Gasteiger partial charge in [0.15, 0.2) is 0 Å². The molecule has 0 heterocycles. The quantitative estimate of drug-likeness (QED) is 0.123. The average Bonchev–Trinajstić information content (AvgIpc) is 3.06. The fourth-order valence-electron chi connectivity index (χ4n) is 5.24. The van der Waals surface area contributed by atoms with Gasteiger partial charge in [-0.15, -0.1) is 0 Å². The van der Waals surface area contributed by atoms with Crippen molar-refractivity contribution < 1.29 is 22.1 Å². The zero-order chi connectivity index (χ0) is 30.6. The second-order valence-electron chi connectivity index (χ2n) is 10.2. The van der Waals surface area contributed by atoms with Crippen molar-refractivity contribution in [2.24, 2.45) is 0 Å². The molecule has 0 saturated heterocycles. The third-order valence-electron chi connectivity index (χ3n) is 7.18. The van der Waals surface area contributed by atoms with Crippen LogP contribution in [0.4, 0.5) is 17.1 Å². The van der Waals surface area contributed by atoms with Gasteiger partial charge in [0.2, 0.25) is 0 Å². The second kappa shape index (κ2) is 16.6. The molecule has 0 bridgehead atoms. The van der Waals surface area contributed by atoms with Crippen LogP contribution in [0.3, 0.4) is 0 Å². The van der Waals surface area contributed by atoms with E-state index < -0.39 is 17.0 Å². The molecule has 0 aliphatic carbocycles. The monoisotopic (exact) mass is 667 g/mol. The van der Waals surface area contributed by atoms with Crippen molar-refractivity contribution in [3.8, 4) is 5.75 Å². The molecule has 0 radical (unpaired) electrons. The molecule has 0 saturated carbocycles. The van der Waals surface area contributed by atoms with Crippen LogP contribution in [0.2, 0.25) is 0 Å². The summed E-state index contributed by atoms with van der Waals surface area (Å²) >= 11 is -0.556. The van der Waals surface area contributed by atoms with Crippen molar-refractivity contribution in [1.29, 1.82) is 0 Å². The molecule has 0 aliphatic heterocycles. The van der Waals surface area contributed by atoms with Crippen LogP contribution in [0, 0.1) is 0 Å². The van der Waals surface area contributed by atoms with Crippen LogP contribution < -0.4 is 15.5 Å². The van der Waals surface area contributed by atoms with Gasteiger partial charge >= 0.3 is 35.6 Å². The summed E-state index contributed by atoms with van der Waals surface area (Å²) in [6, 6.07) is 54.8. The first-order valence-electron chi connectivity index (χ1n) is 14.3. The molecule has 6 heteroatoms. The Morgan fingerprint density at radius 1 is 0.523 bits per heavy atom. The summed E-state index contributed by atoms with van der Waals surface area (Å²) < 4.78 is 0. The number of aromatic hydroxyl groups is 1. The first-order chi connectivity index (χ1) is 21.7. The Hall–Kier alpha value is -3.36. The van der Waals surface area contributed by atoms with E-state index in [9.17, 15) is 5.11 Å². The minimum absolute atomic E-state index is 0.279. The molecule has 218 valence electrons. The van der Waals surface area contributed by atoms with Crippen LogP contribution in [0.15, 0.2) is 158 Å². The van der Waals surface area contributed by atoms with Crippen LogP contribution >= 0.6 is 27.2 Å². The molecule has 44 heavy (non-hydrogen) atoms. The predicted molar refractivity (Wildman–Crippen MR) is 187 cm³/mol. The van der Waals surface area contributed by atoms with Gasteiger partial charge in [-0.25, -0.2) is 0 Å². The van der Waals surface area contributed by atoms with Gasteiger partial charge in [-0.3, -0.25) is 0 Å². The molecular formula is C38H32Cl2NOPTi. The number of phenols is 1. The van der Waals surface area contributed by atoms with Gasteiger partial charge in [-0.2, -0.15) is 0 Å². The zero-order valence-corrected chi connectivity index (χ0v) is 28.1. The van der Waals surface area contributed by atoms with Crippen LogP contribution in [0.25, 0.3) is 0 Å². The summed E-state index contributed by atoms with van der Waals surface area (Å²) in [7, 11) is 10.1. The van der Waals surface area contributed by atoms with E-state index in [1.807, 2.05) is 18.2 Å². The van der Waals surface area contributed by atoms with E-state index in [4.69, 9.17) is 18.6 Å². The van der Waals surface area contributed by atoms with Crippen molar-refractivity contribution in [3.63, 3.8) is 0 Å². The third kappa shape index (κ3) is 8.63. The van der Waals surface area contributed by atoms with E-state index >= 15 is 0 Å². The standard InChI is InChI=1S/C38H32NOP.2ClH.Ti/c40-38-32(26-30-17-7-2-8-18-30)27-31(25-29-15-5-1-6-16-29)28-37(38)41-36-24-14-13-23-35(36)39(33-19-9-3-10-20-33)34-21-11-4-12-22-34;;;/h1-24,27-28,40-41H,25-26H2;2*1H;/q;;;+2/p-2. The van der Waals surface area contributed by atoms with E-state index in [1.165, 1.54) is 22.0 Å². The molecule has 6 aromatic carbocycles. The van der Waals surface area contributed by atoms with Crippen molar-refractivity contribution in [1.82, 2.24) is 0 Å².